The Kier molecular flexibility index (Phi) is 5.74. The van der Waals surface area contributed by atoms with Gasteiger partial charge in [0.25, 0.3) is 10.8 Å². The zero-order chi connectivity index (χ0) is 21.5. The Bertz CT molecular complexity index is 1310. The molecule has 0 fully saturated rings. The number of pyridine rings is 1. The molecule has 0 unspecified atom stereocenters. The number of benzene rings is 1. The van der Waals surface area contributed by atoms with Crippen molar-refractivity contribution in [2.45, 2.75) is 20.4 Å². The quantitative estimate of drug-likeness (QED) is 0.503. The van der Waals surface area contributed by atoms with Gasteiger partial charge in [0.1, 0.15) is 0 Å². The highest BCUT2D eigenvalue weighted by Crippen LogP contribution is 2.44. The van der Waals surface area contributed by atoms with Crippen LogP contribution >= 0.6 is 46.3 Å². The minimum Gasteiger partial charge on any atom is -0.359 e. The van der Waals surface area contributed by atoms with E-state index in [2.05, 4.69) is 20.1 Å². The van der Waals surface area contributed by atoms with Crippen molar-refractivity contribution < 1.29 is 13.2 Å². The molecule has 0 spiro atoms. The number of anilines is 1. The Morgan fingerprint density at radius 3 is 2.70 bits per heavy atom. The molecule has 1 aliphatic rings. The average molecular weight is 497 g/mol. The Labute approximate surface area is 190 Å². The van der Waals surface area contributed by atoms with E-state index in [1.807, 2.05) is 0 Å². The summed E-state index contributed by atoms with van der Waals surface area (Å²) in [5.41, 5.74) is 1.08. The highest BCUT2D eigenvalue weighted by atomic mass is 35.5. The lowest BCUT2D eigenvalue weighted by Gasteiger charge is -2.05. The first-order valence-corrected chi connectivity index (χ1v) is 12.3. The summed E-state index contributed by atoms with van der Waals surface area (Å²) >= 11 is 14.4. The van der Waals surface area contributed by atoms with Gasteiger partial charge in [-0.3, -0.25) is 9.78 Å². The number of halogens is 2. The van der Waals surface area contributed by atoms with Crippen LogP contribution < -0.4 is 5.32 Å². The first-order chi connectivity index (χ1) is 14.3. The maximum atomic E-state index is 12.7. The number of aromatic nitrogens is 2. The van der Waals surface area contributed by atoms with E-state index in [1.165, 1.54) is 18.5 Å². The van der Waals surface area contributed by atoms with Crippen LogP contribution in [0.4, 0.5) is 11.5 Å². The van der Waals surface area contributed by atoms with E-state index in [9.17, 15) is 13.2 Å². The number of carbonyl (C=O) groups is 1. The summed E-state index contributed by atoms with van der Waals surface area (Å²) in [6.45, 7) is 7.34. The Morgan fingerprint density at radius 1 is 1.27 bits per heavy atom. The monoisotopic (exact) mass is 496 g/mol. The summed E-state index contributed by atoms with van der Waals surface area (Å²) in [6.07, 6.45) is 3.33. The minimum atomic E-state index is -3.32. The van der Waals surface area contributed by atoms with Crippen LogP contribution in [0.5, 0.6) is 0 Å². The van der Waals surface area contributed by atoms with E-state index < -0.39 is 15.7 Å². The molecule has 4 rings (SSSR count). The number of amides is 1. The van der Waals surface area contributed by atoms with Crippen molar-refractivity contribution >= 4 is 73.6 Å². The molecule has 0 atom stereocenters. The van der Waals surface area contributed by atoms with Gasteiger partial charge in [-0.05, 0) is 24.1 Å². The predicted molar refractivity (Wildman–Crippen MR) is 117 cm³/mol. The lowest BCUT2D eigenvalue weighted by Crippen LogP contribution is -2.11. The number of aryl methyl sites for hydroxylation is 1. The minimum absolute atomic E-state index is 0.0515. The third-order valence-electron chi connectivity index (χ3n) is 4.18. The maximum Gasteiger partial charge on any atom is 0.308 e. The van der Waals surface area contributed by atoms with Crippen LogP contribution in [0.25, 0.3) is 4.85 Å². The summed E-state index contributed by atoms with van der Waals surface area (Å²) < 4.78 is 24.6. The zero-order valence-electron chi connectivity index (χ0n) is 14.8. The first-order valence-electron chi connectivity index (χ1n) is 8.30. The molecule has 2 aromatic heterocycles. The van der Waals surface area contributed by atoms with Gasteiger partial charge >= 0.3 is 5.91 Å². The first kappa shape index (κ1) is 21.1. The van der Waals surface area contributed by atoms with Crippen LogP contribution in [0.15, 0.2) is 44.6 Å². The van der Waals surface area contributed by atoms with Gasteiger partial charge in [0.15, 0.2) is 9.84 Å². The predicted octanol–water partition coefficient (Wildman–Crippen LogP) is 5.13. The fourth-order valence-electron chi connectivity index (χ4n) is 2.79. The summed E-state index contributed by atoms with van der Waals surface area (Å²) in [4.78, 5) is 24.8. The summed E-state index contributed by atoms with van der Waals surface area (Å²) in [5.74, 6) is -0.420. The molecule has 152 valence electrons. The number of nitrogens with zero attached hydrogens (tertiary/aromatic N) is 3. The third kappa shape index (κ3) is 4.04. The Morgan fingerprint density at radius 2 is 2.00 bits per heavy atom. The molecule has 1 amide bonds. The van der Waals surface area contributed by atoms with Gasteiger partial charge in [-0.25, -0.2) is 8.42 Å². The fourth-order valence-corrected chi connectivity index (χ4v) is 6.93. The Hall–Kier alpha value is -2.16. The van der Waals surface area contributed by atoms with Crippen LogP contribution in [-0.4, -0.2) is 30.0 Å². The summed E-state index contributed by atoms with van der Waals surface area (Å²) in [5, 5.41) is 3.35. The van der Waals surface area contributed by atoms with Gasteiger partial charge in [-0.15, -0.1) is 4.98 Å². The van der Waals surface area contributed by atoms with Gasteiger partial charge in [-0.1, -0.05) is 58.9 Å². The highest BCUT2D eigenvalue weighted by Gasteiger charge is 2.27. The highest BCUT2D eigenvalue weighted by molar-refractivity contribution is 8.01. The number of rotatable bonds is 4. The molecule has 0 radical (unpaired) electrons. The van der Waals surface area contributed by atoms with Crippen molar-refractivity contribution in [2.24, 2.45) is 0 Å². The van der Waals surface area contributed by atoms with Crippen LogP contribution in [-0.2, 0) is 16.3 Å². The SMILES string of the molecule is [C-]#[N+]c1nc(C(=O)Nc2ccc3c(c2)S(=O)(=O)CC3)sc1Sc1c(Cl)cncc1Cl. The van der Waals surface area contributed by atoms with Gasteiger partial charge in [0, 0.05) is 18.1 Å². The molecule has 1 aliphatic heterocycles. The van der Waals surface area contributed by atoms with Crippen molar-refractivity contribution in [2.75, 3.05) is 11.1 Å². The molecule has 0 aliphatic carbocycles. The number of carbonyl (C=O) groups excluding carboxylic acids is 1. The Balaban J connectivity index is 1.60. The fraction of sp³-hybridized carbons (Fsp3) is 0.111. The average Bonchev–Trinajstić information content (AvgIpc) is 3.25. The molecule has 1 N–H and O–H groups in total. The normalized spacial score (nSPS) is 14.2. The van der Waals surface area contributed by atoms with Crippen LogP contribution in [0, 0.1) is 6.57 Å². The topological polar surface area (TPSA) is 93.4 Å². The molecular formula is C18H10Cl2N4O3S3. The van der Waals surface area contributed by atoms with E-state index in [-0.39, 0.29) is 21.5 Å². The molecule has 7 nitrogen and oxygen atoms in total. The van der Waals surface area contributed by atoms with Gasteiger partial charge < -0.3 is 10.2 Å². The molecule has 3 aromatic rings. The zero-order valence-corrected chi connectivity index (χ0v) is 18.8. The van der Waals surface area contributed by atoms with Crippen molar-refractivity contribution in [3.05, 3.63) is 62.6 Å². The largest absolute Gasteiger partial charge is 0.359 e. The molecular weight excluding hydrogens is 487 g/mol. The van der Waals surface area contributed by atoms with Gasteiger partial charge in [0.2, 0.25) is 0 Å². The number of hydrogen-bond donors (Lipinski definition) is 1. The van der Waals surface area contributed by atoms with Gasteiger partial charge in [0.05, 0.1) is 29.8 Å². The number of nitrogens with one attached hydrogen (secondary N) is 1. The number of hydrogen-bond acceptors (Lipinski definition) is 7. The summed E-state index contributed by atoms with van der Waals surface area (Å²) in [6, 6.07) is 4.79. The molecule has 0 bridgehead atoms. The lowest BCUT2D eigenvalue weighted by atomic mass is 10.1. The molecule has 0 saturated carbocycles. The van der Waals surface area contributed by atoms with E-state index in [4.69, 9.17) is 29.8 Å². The van der Waals surface area contributed by atoms with E-state index in [0.29, 0.717) is 31.3 Å². The number of fused-ring (bicyclic) bond motifs is 1. The van der Waals surface area contributed by atoms with Crippen molar-refractivity contribution in [3.8, 4) is 0 Å². The molecule has 12 heteroatoms. The second-order valence-corrected chi connectivity index (χ2v) is 11.3. The molecule has 3 heterocycles. The van der Waals surface area contributed by atoms with Crippen molar-refractivity contribution in [1.82, 2.24) is 9.97 Å². The van der Waals surface area contributed by atoms with Crippen molar-refractivity contribution in [1.29, 1.82) is 0 Å². The van der Waals surface area contributed by atoms with Crippen LogP contribution in [0.2, 0.25) is 10.0 Å². The van der Waals surface area contributed by atoms with E-state index >= 15 is 0 Å². The second-order valence-electron chi connectivity index (χ2n) is 6.12. The molecule has 0 saturated heterocycles. The lowest BCUT2D eigenvalue weighted by molar-refractivity contribution is 0.102. The second kappa shape index (κ2) is 8.17. The molecule has 30 heavy (non-hydrogen) atoms. The van der Waals surface area contributed by atoms with Crippen LogP contribution in [0.3, 0.4) is 0 Å². The van der Waals surface area contributed by atoms with E-state index in [1.54, 1.807) is 12.1 Å². The maximum absolute atomic E-state index is 12.7. The number of thiazole rings is 1. The molecule has 1 aromatic carbocycles. The van der Waals surface area contributed by atoms with E-state index in [0.717, 1.165) is 28.7 Å². The van der Waals surface area contributed by atoms with Gasteiger partial charge in [-0.2, -0.15) is 0 Å². The smallest absolute Gasteiger partial charge is 0.308 e. The number of sulfone groups is 1. The third-order valence-corrected chi connectivity index (χ3v) is 9.12. The van der Waals surface area contributed by atoms with Crippen molar-refractivity contribution in [3.63, 3.8) is 0 Å². The summed E-state index contributed by atoms with van der Waals surface area (Å²) in [7, 11) is -3.32. The standard InChI is InChI=1S/C18H10Cl2N4O3S3/c1-21-15-18(28-14-11(19)7-22-8-12(14)20)29-17(24-15)16(25)23-10-3-2-9-4-5-30(26,27)13(9)6-10/h2-3,6-8H,4-5H2,(H,23,25). The van der Waals surface area contributed by atoms with Crippen LogP contribution in [0.1, 0.15) is 15.4 Å².